The number of aryl methyl sites for hydroxylation is 1. The van der Waals surface area contributed by atoms with Crippen LogP contribution in [0.4, 0.5) is 13.2 Å². The van der Waals surface area contributed by atoms with E-state index in [4.69, 9.17) is 5.73 Å². The summed E-state index contributed by atoms with van der Waals surface area (Å²) in [6.07, 6.45) is -4.30. The maximum absolute atomic E-state index is 11.8. The molecule has 0 aliphatic rings. The first-order chi connectivity index (χ1) is 7.40. The summed E-state index contributed by atoms with van der Waals surface area (Å²) in [4.78, 5) is 0. The van der Waals surface area contributed by atoms with Crippen molar-refractivity contribution in [3.05, 3.63) is 35.4 Å². The van der Waals surface area contributed by atoms with E-state index < -0.39 is 18.8 Å². The summed E-state index contributed by atoms with van der Waals surface area (Å²) in [5.41, 5.74) is 7.49. The predicted octanol–water partition coefficient (Wildman–Crippen LogP) is 2.57. The summed E-state index contributed by atoms with van der Waals surface area (Å²) in [7, 11) is 0. The van der Waals surface area contributed by atoms with E-state index in [-0.39, 0.29) is 6.61 Å². The topological polar surface area (TPSA) is 35.2 Å². The highest BCUT2D eigenvalue weighted by atomic mass is 19.4. The molecular weight excluding hydrogens is 219 g/mol. The van der Waals surface area contributed by atoms with E-state index in [9.17, 15) is 13.2 Å². The van der Waals surface area contributed by atoms with Gasteiger partial charge in [-0.1, -0.05) is 24.3 Å². The average Bonchev–Trinajstić information content (AvgIpc) is 2.16. The van der Waals surface area contributed by atoms with Gasteiger partial charge in [0, 0.05) is 0 Å². The second-order valence-electron chi connectivity index (χ2n) is 3.59. The van der Waals surface area contributed by atoms with Gasteiger partial charge < -0.3 is 10.5 Å². The monoisotopic (exact) mass is 233 g/mol. The molecule has 0 bridgehead atoms. The molecule has 0 spiro atoms. The molecule has 0 radical (unpaired) electrons. The third-order valence-electron chi connectivity index (χ3n) is 2.15. The summed E-state index contributed by atoms with van der Waals surface area (Å²) in [6, 6.07) is 6.77. The molecule has 0 saturated carbocycles. The van der Waals surface area contributed by atoms with Crippen molar-refractivity contribution in [2.75, 3.05) is 13.2 Å². The van der Waals surface area contributed by atoms with Crippen molar-refractivity contribution >= 4 is 0 Å². The Kier molecular flexibility index (Phi) is 4.32. The second kappa shape index (κ2) is 5.32. The first kappa shape index (κ1) is 13.0. The fraction of sp³-hybridized carbons (Fsp3) is 0.455. The number of rotatable bonds is 4. The minimum Gasteiger partial charge on any atom is -0.370 e. The zero-order chi connectivity index (χ0) is 12.2. The maximum Gasteiger partial charge on any atom is 0.411 e. The summed E-state index contributed by atoms with van der Waals surface area (Å²) in [5.74, 6) is 0. The fourth-order valence-corrected chi connectivity index (χ4v) is 1.39. The van der Waals surface area contributed by atoms with Gasteiger partial charge in [-0.25, -0.2) is 0 Å². The first-order valence-corrected chi connectivity index (χ1v) is 4.86. The molecule has 2 N–H and O–H groups in total. The zero-order valence-electron chi connectivity index (χ0n) is 8.92. The van der Waals surface area contributed by atoms with E-state index in [2.05, 4.69) is 4.74 Å². The van der Waals surface area contributed by atoms with Crippen LogP contribution < -0.4 is 5.73 Å². The Morgan fingerprint density at radius 3 is 2.50 bits per heavy atom. The van der Waals surface area contributed by atoms with Crippen molar-refractivity contribution in [1.29, 1.82) is 0 Å². The van der Waals surface area contributed by atoms with Gasteiger partial charge in [-0.2, -0.15) is 13.2 Å². The molecule has 5 heteroatoms. The number of benzene rings is 1. The molecule has 0 aliphatic carbocycles. The highest BCUT2D eigenvalue weighted by Crippen LogP contribution is 2.18. The van der Waals surface area contributed by atoms with Crippen LogP contribution in [0.25, 0.3) is 0 Å². The van der Waals surface area contributed by atoms with Gasteiger partial charge >= 0.3 is 6.18 Å². The van der Waals surface area contributed by atoms with Crippen LogP contribution in [0.1, 0.15) is 17.2 Å². The molecule has 0 saturated heterocycles. The highest BCUT2D eigenvalue weighted by molar-refractivity contribution is 5.28. The molecule has 0 amide bonds. The lowest BCUT2D eigenvalue weighted by molar-refractivity contribution is -0.174. The van der Waals surface area contributed by atoms with E-state index in [0.717, 1.165) is 11.1 Å². The quantitative estimate of drug-likeness (QED) is 0.867. The number of hydrogen-bond acceptors (Lipinski definition) is 2. The number of alkyl halides is 3. The van der Waals surface area contributed by atoms with Crippen molar-refractivity contribution in [2.45, 2.75) is 19.1 Å². The lowest BCUT2D eigenvalue weighted by Crippen LogP contribution is -2.23. The summed E-state index contributed by atoms with van der Waals surface area (Å²) in [5, 5.41) is 0. The van der Waals surface area contributed by atoms with Crippen LogP contribution in [-0.4, -0.2) is 19.4 Å². The van der Waals surface area contributed by atoms with Crippen LogP contribution in [-0.2, 0) is 4.74 Å². The standard InChI is InChI=1S/C11H14F3NO/c1-8-4-2-3-5-9(8)10(15)6-16-7-11(12,13)14/h2-5,10H,6-7,15H2,1H3. The average molecular weight is 233 g/mol. The molecule has 1 aromatic rings. The van der Waals surface area contributed by atoms with Crippen molar-refractivity contribution < 1.29 is 17.9 Å². The molecule has 0 fully saturated rings. The van der Waals surface area contributed by atoms with E-state index in [1.807, 2.05) is 19.1 Å². The summed E-state index contributed by atoms with van der Waals surface area (Å²) in [6.45, 7) is 0.468. The Hall–Kier alpha value is -1.07. The van der Waals surface area contributed by atoms with Crippen LogP contribution in [0.3, 0.4) is 0 Å². The summed E-state index contributed by atoms with van der Waals surface area (Å²) >= 11 is 0. The highest BCUT2D eigenvalue weighted by Gasteiger charge is 2.27. The third-order valence-corrected chi connectivity index (χ3v) is 2.15. The second-order valence-corrected chi connectivity index (χ2v) is 3.59. The Morgan fingerprint density at radius 2 is 1.94 bits per heavy atom. The molecule has 1 atom stereocenters. The molecule has 1 unspecified atom stereocenters. The van der Waals surface area contributed by atoms with Crippen LogP contribution in [0.5, 0.6) is 0 Å². The zero-order valence-corrected chi connectivity index (χ0v) is 8.92. The van der Waals surface area contributed by atoms with Gasteiger partial charge in [-0.05, 0) is 18.1 Å². The molecule has 2 nitrogen and oxygen atoms in total. The van der Waals surface area contributed by atoms with Crippen molar-refractivity contribution in [1.82, 2.24) is 0 Å². The van der Waals surface area contributed by atoms with Gasteiger partial charge in [0.05, 0.1) is 12.6 Å². The first-order valence-electron chi connectivity index (χ1n) is 4.86. The van der Waals surface area contributed by atoms with Gasteiger partial charge in [-0.3, -0.25) is 0 Å². The summed E-state index contributed by atoms with van der Waals surface area (Å²) < 4.78 is 40.0. The van der Waals surface area contributed by atoms with Gasteiger partial charge in [0.25, 0.3) is 0 Å². The Bertz CT molecular complexity index is 338. The Labute approximate surface area is 92.2 Å². The molecule has 16 heavy (non-hydrogen) atoms. The predicted molar refractivity (Wildman–Crippen MR) is 55.0 cm³/mol. The molecule has 0 heterocycles. The molecule has 0 aromatic heterocycles. The molecule has 90 valence electrons. The fourth-order valence-electron chi connectivity index (χ4n) is 1.39. The normalized spacial score (nSPS) is 13.8. The van der Waals surface area contributed by atoms with Gasteiger partial charge in [0.15, 0.2) is 0 Å². The van der Waals surface area contributed by atoms with E-state index in [1.54, 1.807) is 12.1 Å². The van der Waals surface area contributed by atoms with Gasteiger partial charge in [0.1, 0.15) is 6.61 Å². The largest absolute Gasteiger partial charge is 0.411 e. The van der Waals surface area contributed by atoms with Crippen LogP contribution in [0.2, 0.25) is 0 Å². The molecule has 1 rings (SSSR count). The Morgan fingerprint density at radius 1 is 1.31 bits per heavy atom. The van der Waals surface area contributed by atoms with E-state index in [0.29, 0.717) is 0 Å². The lowest BCUT2D eigenvalue weighted by atomic mass is 10.0. The van der Waals surface area contributed by atoms with E-state index in [1.165, 1.54) is 0 Å². The number of hydrogen-bond donors (Lipinski definition) is 1. The number of nitrogens with two attached hydrogens (primary N) is 1. The van der Waals surface area contributed by atoms with Crippen LogP contribution >= 0.6 is 0 Å². The van der Waals surface area contributed by atoms with Crippen LogP contribution in [0.15, 0.2) is 24.3 Å². The third kappa shape index (κ3) is 4.20. The number of ether oxygens (including phenoxy) is 1. The smallest absolute Gasteiger partial charge is 0.370 e. The van der Waals surface area contributed by atoms with Gasteiger partial charge in [0.2, 0.25) is 0 Å². The molecule has 0 aliphatic heterocycles. The number of halogens is 3. The minimum absolute atomic E-state index is 0.135. The minimum atomic E-state index is -4.30. The van der Waals surface area contributed by atoms with Crippen molar-refractivity contribution in [2.24, 2.45) is 5.73 Å². The molecular formula is C11H14F3NO. The van der Waals surface area contributed by atoms with E-state index >= 15 is 0 Å². The molecule has 1 aromatic carbocycles. The maximum atomic E-state index is 11.8. The van der Waals surface area contributed by atoms with Crippen molar-refractivity contribution in [3.8, 4) is 0 Å². The van der Waals surface area contributed by atoms with Crippen LogP contribution in [0, 0.1) is 6.92 Å². The van der Waals surface area contributed by atoms with Gasteiger partial charge in [-0.15, -0.1) is 0 Å². The Balaban J connectivity index is 2.47. The van der Waals surface area contributed by atoms with Crippen molar-refractivity contribution in [3.63, 3.8) is 0 Å². The lowest BCUT2D eigenvalue weighted by Gasteiger charge is -2.15. The SMILES string of the molecule is Cc1ccccc1C(N)COCC(F)(F)F.